The Morgan fingerprint density at radius 2 is 1.82 bits per heavy atom. The molecule has 10 nitrogen and oxygen atoms in total. The van der Waals surface area contributed by atoms with Crippen molar-refractivity contribution >= 4 is 40.7 Å². The van der Waals surface area contributed by atoms with E-state index in [1.165, 1.54) is 26.4 Å². The van der Waals surface area contributed by atoms with Crippen molar-refractivity contribution in [2.24, 2.45) is 10.3 Å². The Kier molecular flexibility index (Phi) is 5.85. The molecule has 0 aliphatic carbocycles. The number of fused-ring (bicyclic) bond motifs is 1. The SMILES string of the molecule is COc1cc(OC)c(NC(=O)CN2N=N[C@@H]3C(=O)N(c4ccc(F)c(F)c4)C(=O)[C@H]32)cc1Cl. The monoisotopic (exact) mass is 479 g/mol. The van der Waals surface area contributed by atoms with Gasteiger partial charge in [0.25, 0.3) is 11.8 Å². The molecule has 2 atom stereocenters. The number of methoxy groups -OCH3 is 2. The second-order valence-electron chi connectivity index (χ2n) is 7.04. The molecule has 2 aromatic rings. The summed E-state index contributed by atoms with van der Waals surface area (Å²) >= 11 is 6.10. The Labute approximate surface area is 190 Å². The number of halogens is 3. The highest BCUT2D eigenvalue weighted by molar-refractivity contribution is 6.32. The molecule has 0 saturated carbocycles. The minimum atomic E-state index is -1.21. The number of rotatable bonds is 6. The molecule has 0 spiro atoms. The summed E-state index contributed by atoms with van der Waals surface area (Å²) in [6.07, 6.45) is 0. The number of amides is 3. The predicted molar refractivity (Wildman–Crippen MR) is 111 cm³/mol. The van der Waals surface area contributed by atoms with Gasteiger partial charge in [0, 0.05) is 12.1 Å². The van der Waals surface area contributed by atoms with Gasteiger partial charge in [-0.1, -0.05) is 16.8 Å². The summed E-state index contributed by atoms with van der Waals surface area (Å²) in [5.74, 6) is -3.83. The van der Waals surface area contributed by atoms with Gasteiger partial charge >= 0.3 is 0 Å². The van der Waals surface area contributed by atoms with Crippen LogP contribution >= 0.6 is 11.6 Å². The van der Waals surface area contributed by atoms with Gasteiger partial charge in [-0.3, -0.25) is 19.4 Å². The topological polar surface area (TPSA) is 113 Å². The molecule has 13 heteroatoms. The smallest absolute Gasteiger partial charge is 0.263 e. The van der Waals surface area contributed by atoms with E-state index < -0.39 is 48.0 Å². The van der Waals surface area contributed by atoms with Crippen molar-refractivity contribution in [2.75, 3.05) is 31.0 Å². The molecule has 1 saturated heterocycles. The fourth-order valence-electron chi connectivity index (χ4n) is 3.53. The molecule has 2 aliphatic heterocycles. The van der Waals surface area contributed by atoms with E-state index in [1.807, 2.05) is 0 Å². The third-order valence-corrected chi connectivity index (χ3v) is 5.37. The van der Waals surface area contributed by atoms with Crippen molar-refractivity contribution in [3.8, 4) is 11.5 Å². The van der Waals surface area contributed by atoms with Crippen molar-refractivity contribution in [2.45, 2.75) is 12.1 Å². The first-order valence-corrected chi connectivity index (χ1v) is 9.84. The molecule has 2 aromatic carbocycles. The number of carbonyl (C=O) groups excluding carboxylic acids is 3. The molecule has 33 heavy (non-hydrogen) atoms. The molecule has 4 rings (SSSR count). The molecule has 0 radical (unpaired) electrons. The van der Waals surface area contributed by atoms with Crippen LogP contribution in [0.2, 0.25) is 5.02 Å². The number of nitrogens with zero attached hydrogens (tertiary/aromatic N) is 4. The number of nitrogens with one attached hydrogen (secondary N) is 1. The number of ether oxygens (including phenoxy) is 2. The second-order valence-corrected chi connectivity index (χ2v) is 7.44. The maximum atomic E-state index is 13.6. The van der Waals surface area contributed by atoms with E-state index in [2.05, 4.69) is 15.7 Å². The average Bonchev–Trinajstić information content (AvgIpc) is 3.30. The van der Waals surface area contributed by atoms with Gasteiger partial charge in [0.2, 0.25) is 5.91 Å². The van der Waals surface area contributed by atoms with Crippen molar-refractivity contribution in [3.05, 3.63) is 47.0 Å². The quantitative estimate of drug-likeness (QED) is 0.637. The molecule has 3 amide bonds. The highest BCUT2D eigenvalue weighted by Crippen LogP contribution is 2.36. The minimum Gasteiger partial charge on any atom is -0.495 e. The zero-order valence-electron chi connectivity index (χ0n) is 17.2. The Bertz CT molecular complexity index is 1190. The van der Waals surface area contributed by atoms with Crippen LogP contribution < -0.4 is 19.7 Å². The van der Waals surface area contributed by atoms with Crippen LogP contribution in [-0.2, 0) is 14.4 Å². The van der Waals surface area contributed by atoms with Gasteiger partial charge in [-0.25, -0.2) is 13.7 Å². The summed E-state index contributed by atoms with van der Waals surface area (Å²) < 4.78 is 37.2. The Hall–Kier alpha value is -3.80. The molecule has 1 fully saturated rings. The van der Waals surface area contributed by atoms with Crippen LogP contribution in [-0.4, -0.2) is 55.6 Å². The lowest BCUT2D eigenvalue weighted by molar-refractivity contribution is -0.123. The summed E-state index contributed by atoms with van der Waals surface area (Å²) in [6, 6.07) is 3.16. The number of anilines is 2. The molecule has 1 N–H and O–H groups in total. The van der Waals surface area contributed by atoms with Gasteiger partial charge in [0.15, 0.2) is 23.7 Å². The fraction of sp³-hybridized carbons (Fsp3) is 0.250. The van der Waals surface area contributed by atoms with E-state index >= 15 is 0 Å². The zero-order valence-corrected chi connectivity index (χ0v) is 18.0. The van der Waals surface area contributed by atoms with Gasteiger partial charge in [-0.05, 0) is 18.2 Å². The summed E-state index contributed by atoms with van der Waals surface area (Å²) in [6.45, 7) is -0.428. The lowest BCUT2D eigenvalue weighted by atomic mass is 10.1. The van der Waals surface area contributed by atoms with E-state index in [0.29, 0.717) is 10.6 Å². The lowest BCUT2D eigenvalue weighted by Gasteiger charge is -2.20. The van der Waals surface area contributed by atoms with E-state index in [4.69, 9.17) is 21.1 Å². The maximum absolute atomic E-state index is 13.6. The molecule has 172 valence electrons. The van der Waals surface area contributed by atoms with Gasteiger partial charge in [0.05, 0.1) is 30.6 Å². The van der Waals surface area contributed by atoms with Gasteiger partial charge in [0.1, 0.15) is 18.0 Å². The number of benzene rings is 2. The molecule has 2 aliphatic rings. The van der Waals surface area contributed by atoms with Crippen molar-refractivity contribution in [1.29, 1.82) is 0 Å². The Morgan fingerprint density at radius 3 is 2.48 bits per heavy atom. The summed E-state index contributed by atoms with van der Waals surface area (Å²) in [5.41, 5.74) is 0.105. The third-order valence-electron chi connectivity index (χ3n) is 5.07. The zero-order chi connectivity index (χ0) is 23.9. The normalized spacial score (nSPS) is 19.2. The first kappa shape index (κ1) is 22.4. The Morgan fingerprint density at radius 1 is 1.09 bits per heavy atom. The largest absolute Gasteiger partial charge is 0.495 e. The van der Waals surface area contributed by atoms with Crippen molar-refractivity contribution in [3.63, 3.8) is 0 Å². The number of hydrogen-bond acceptors (Lipinski definition) is 8. The van der Waals surface area contributed by atoms with Gasteiger partial charge < -0.3 is 14.8 Å². The van der Waals surface area contributed by atoms with Gasteiger partial charge in [-0.2, -0.15) is 5.11 Å². The molecule has 0 aromatic heterocycles. The summed E-state index contributed by atoms with van der Waals surface area (Å²) in [7, 11) is 2.82. The Balaban J connectivity index is 1.51. The van der Waals surface area contributed by atoms with Crippen molar-refractivity contribution < 1.29 is 32.6 Å². The standard InChI is InChI=1S/C20H16ClF2N5O5/c1-32-14-7-15(33-2)13(6-10(14)21)24-16(29)8-27-18-17(25-26-27)19(30)28(20(18)31)9-3-4-11(22)12(23)5-9/h3-7,17-18H,8H2,1-2H3,(H,24,29)/t17-,18-/m0/s1. The van der Waals surface area contributed by atoms with Crippen LogP contribution in [0.25, 0.3) is 0 Å². The van der Waals surface area contributed by atoms with Crippen LogP contribution in [0.3, 0.4) is 0 Å². The predicted octanol–water partition coefficient (Wildman–Crippen LogP) is 2.57. The van der Waals surface area contributed by atoms with Crippen LogP contribution in [0, 0.1) is 11.6 Å². The molecular formula is C20H16ClF2N5O5. The highest BCUT2D eigenvalue weighted by Gasteiger charge is 2.55. The average molecular weight is 480 g/mol. The molecule has 0 bridgehead atoms. The maximum Gasteiger partial charge on any atom is 0.263 e. The third kappa shape index (κ3) is 3.93. The van der Waals surface area contributed by atoms with Crippen LogP contribution in [0.1, 0.15) is 0 Å². The number of imide groups is 1. The van der Waals surface area contributed by atoms with E-state index in [9.17, 15) is 23.2 Å². The van der Waals surface area contributed by atoms with E-state index in [1.54, 1.807) is 0 Å². The summed E-state index contributed by atoms with van der Waals surface area (Å²) in [4.78, 5) is 38.9. The number of carbonyl (C=O) groups is 3. The highest BCUT2D eigenvalue weighted by atomic mass is 35.5. The fourth-order valence-corrected chi connectivity index (χ4v) is 3.77. The summed E-state index contributed by atoms with van der Waals surface area (Å²) in [5, 5.41) is 11.4. The first-order valence-electron chi connectivity index (χ1n) is 9.46. The molecular weight excluding hydrogens is 464 g/mol. The van der Waals surface area contributed by atoms with Crippen LogP contribution in [0.15, 0.2) is 40.7 Å². The van der Waals surface area contributed by atoms with Crippen LogP contribution in [0.5, 0.6) is 11.5 Å². The molecule has 2 heterocycles. The first-order chi connectivity index (χ1) is 15.7. The van der Waals surface area contributed by atoms with Crippen molar-refractivity contribution in [1.82, 2.24) is 5.01 Å². The number of hydrogen-bond donors (Lipinski definition) is 1. The van der Waals surface area contributed by atoms with E-state index in [0.717, 1.165) is 23.2 Å². The van der Waals surface area contributed by atoms with E-state index in [-0.39, 0.29) is 22.1 Å². The second kappa shape index (κ2) is 8.62. The van der Waals surface area contributed by atoms with Gasteiger partial charge in [-0.15, -0.1) is 0 Å². The molecule has 0 unspecified atom stereocenters. The lowest BCUT2D eigenvalue weighted by Crippen LogP contribution is -2.43. The minimum absolute atomic E-state index is 0.143. The van der Waals surface area contributed by atoms with Crippen LogP contribution in [0.4, 0.5) is 20.2 Å².